The lowest BCUT2D eigenvalue weighted by molar-refractivity contribution is -0.143. The van der Waals surface area contributed by atoms with Gasteiger partial charge in [-0.1, -0.05) is 11.6 Å². The van der Waals surface area contributed by atoms with Crippen molar-refractivity contribution in [1.82, 2.24) is 4.98 Å². The number of nitrogens with zero attached hydrogens (tertiary/aromatic N) is 1. The van der Waals surface area contributed by atoms with Crippen LogP contribution >= 0.6 is 11.6 Å². The second-order valence-corrected chi connectivity index (χ2v) is 3.53. The summed E-state index contributed by atoms with van der Waals surface area (Å²) < 4.78 is 42.5. The third-order valence-corrected chi connectivity index (χ3v) is 2.11. The highest BCUT2D eigenvalue weighted by Crippen LogP contribution is 2.33. The van der Waals surface area contributed by atoms with Gasteiger partial charge in [0.25, 0.3) is 0 Å². The summed E-state index contributed by atoms with van der Waals surface area (Å²) in [7, 11) is 0. The summed E-state index contributed by atoms with van der Waals surface area (Å²) in [6.07, 6.45) is -4.12. The molecule has 94 valence electrons. The van der Waals surface area contributed by atoms with Gasteiger partial charge < -0.3 is 4.74 Å². The smallest absolute Gasteiger partial charge is 0.416 e. The van der Waals surface area contributed by atoms with E-state index in [1.54, 1.807) is 6.92 Å². The van der Waals surface area contributed by atoms with Crippen molar-refractivity contribution in [3.63, 3.8) is 0 Å². The summed E-state index contributed by atoms with van der Waals surface area (Å²) >= 11 is 5.39. The van der Waals surface area contributed by atoms with Crippen LogP contribution < -0.4 is 0 Å². The van der Waals surface area contributed by atoms with Crippen LogP contribution in [0, 0.1) is 0 Å². The lowest BCUT2D eigenvalue weighted by atomic mass is 10.1. The zero-order valence-corrected chi connectivity index (χ0v) is 9.60. The molecule has 1 aromatic heterocycles. The van der Waals surface area contributed by atoms with Gasteiger partial charge in [-0.05, 0) is 18.6 Å². The van der Waals surface area contributed by atoms with Gasteiger partial charge in [-0.15, -0.1) is 0 Å². The Kier molecular flexibility index (Phi) is 4.34. The first-order valence-corrected chi connectivity index (χ1v) is 5.09. The fraction of sp³-hybridized carbons (Fsp3) is 0.400. The maximum atomic E-state index is 12.6. The number of ether oxygens (including phenoxy) is 1. The van der Waals surface area contributed by atoms with Crippen molar-refractivity contribution >= 4 is 17.6 Å². The first-order chi connectivity index (χ1) is 7.84. The molecule has 0 saturated heterocycles. The minimum absolute atomic E-state index is 0.112. The number of pyridine rings is 1. The number of esters is 1. The number of carbonyl (C=O) groups is 1. The molecule has 0 fully saturated rings. The van der Waals surface area contributed by atoms with E-state index in [-0.39, 0.29) is 17.3 Å². The van der Waals surface area contributed by atoms with Crippen LogP contribution in [0.25, 0.3) is 0 Å². The van der Waals surface area contributed by atoms with Gasteiger partial charge in [0.1, 0.15) is 5.15 Å². The molecular weight excluding hydrogens is 259 g/mol. The molecule has 0 aromatic carbocycles. The third kappa shape index (κ3) is 3.89. The van der Waals surface area contributed by atoms with E-state index in [1.165, 1.54) is 0 Å². The van der Waals surface area contributed by atoms with E-state index < -0.39 is 24.1 Å². The maximum absolute atomic E-state index is 12.6. The Morgan fingerprint density at radius 3 is 2.71 bits per heavy atom. The second kappa shape index (κ2) is 5.35. The van der Waals surface area contributed by atoms with Gasteiger partial charge in [0, 0.05) is 6.20 Å². The first-order valence-electron chi connectivity index (χ1n) is 4.71. The fourth-order valence-electron chi connectivity index (χ4n) is 1.23. The van der Waals surface area contributed by atoms with Gasteiger partial charge in [0.05, 0.1) is 18.6 Å². The molecular formula is C10H9ClF3NO2. The first kappa shape index (κ1) is 13.8. The van der Waals surface area contributed by atoms with Crippen molar-refractivity contribution in [2.45, 2.75) is 19.5 Å². The highest BCUT2D eigenvalue weighted by Gasteiger charge is 2.34. The van der Waals surface area contributed by atoms with Crippen molar-refractivity contribution in [2.75, 3.05) is 6.61 Å². The molecule has 0 radical (unpaired) electrons. The van der Waals surface area contributed by atoms with Crippen molar-refractivity contribution in [2.24, 2.45) is 0 Å². The zero-order chi connectivity index (χ0) is 13.1. The largest absolute Gasteiger partial charge is 0.466 e. The summed E-state index contributed by atoms with van der Waals surface area (Å²) in [4.78, 5) is 14.7. The van der Waals surface area contributed by atoms with Crippen LogP contribution in [0.1, 0.15) is 18.1 Å². The molecule has 0 amide bonds. The van der Waals surface area contributed by atoms with E-state index in [4.69, 9.17) is 11.6 Å². The third-order valence-electron chi connectivity index (χ3n) is 1.90. The molecule has 7 heteroatoms. The van der Waals surface area contributed by atoms with Crippen molar-refractivity contribution in [3.05, 3.63) is 28.5 Å². The lowest BCUT2D eigenvalue weighted by Crippen LogP contribution is -2.14. The molecule has 0 bridgehead atoms. The van der Waals surface area contributed by atoms with E-state index in [2.05, 4.69) is 9.72 Å². The normalized spacial score (nSPS) is 11.4. The molecule has 3 nitrogen and oxygen atoms in total. The number of aromatic nitrogens is 1. The van der Waals surface area contributed by atoms with Crippen LogP contribution in [-0.4, -0.2) is 17.6 Å². The number of hydrogen-bond donors (Lipinski definition) is 0. The van der Waals surface area contributed by atoms with Crippen LogP contribution in [0.2, 0.25) is 5.15 Å². The molecule has 0 N–H and O–H groups in total. The molecule has 0 saturated carbocycles. The van der Waals surface area contributed by atoms with E-state index in [0.29, 0.717) is 6.07 Å². The Hall–Kier alpha value is -1.30. The Labute approximate surface area is 101 Å². The molecule has 1 heterocycles. The van der Waals surface area contributed by atoms with Gasteiger partial charge in [-0.3, -0.25) is 4.79 Å². The Morgan fingerprint density at radius 2 is 2.18 bits per heavy atom. The highest BCUT2D eigenvalue weighted by molar-refractivity contribution is 6.29. The predicted octanol–water partition coefficient (Wildman–Crippen LogP) is 2.86. The standard InChI is InChI=1S/C10H9ClF3NO2/c1-2-17-9(16)3-6-5-15-8(11)4-7(6)10(12,13)14/h4-5H,2-3H2,1H3. The van der Waals surface area contributed by atoms with Crippen molar-refractivity contribution in [3.8, 4) is 0 Å². The maximum Gasteiger partial charge on any atom is 0.416 e. The average Bonchev–Trinajstić information content (AvgIpc) is 2.19. The minimum atomic E-state index is -4.57. The van der Waals surface area contributed by atoms with Gasteiger partial charge in [-0.2, -0.15) is 13.2 Å². The van der Waals surface area contributed by atoms with Crippen molar-refractivity contribution in [1.29, 1.82) is 0 Å². The van der Waals surface area contributed by atoms with Gasteiger partial charge in [-0.25, -0.2) is 4.98 Å². The fourth-order valence-corrected chi connectivity index (χ4v) is 1.39. The number of halogens is 4. The zero-order valence-electron chi connectivity index (χ0n) is 8.84. The Bertz CT molecular complexity index is 421. The summed E-state index contributed by atoms with van der Waals surface area (Å²) in [6, 6.07) is 0.691. The summed E-state index contributed by atoms with van der Waals surface area (Å²) in [5.74, 6) is -0.734. The van der Waals surface area contributed by atoms with Gasteiger partial charge in [0.2, 0.25) is 0 Å². The molecule has 1 aromatic rings. The molecule has 1 rings (SSSR count). The second-order valence-electron chi connectivity index (χ2n) is 3.14. The van der Waals surface area contributed by atoms with Crippen LogP contribution in [0.15, 0.2) is 12.3 Å². The quantitative estimate of drug-likeness (QED) is 0.624. The van der Waals surface area contributed by atoms with Crippen molar-refractivity contribution < 1.29 is 22.7 Å². The van der Waals surface area contributed by atoms with E-state index in [0.717, 1.165) is 6.20 Å². The van der Waals surface area contributed by atoms with Crippen LogP contribution in [0.4, 0.5) is 13.2 Å². The number of rotatable bonds is 3. The van der Waals surface area contributed by atoms with E-state index >= 15 is 0 Å². The SMILES string of the molecule is CCOC(=O)Cc1cnc(Cl)cc1C(F)(F)F. The number of hydrogen-bond acceptors (Lipinski definition) is 3. The van der Waals surface area contributed by atoms with Crippen LogP contribution in [0.3, 0.4) is 0 Å². The van der Waals surface area contributed by atoms with E-state index in [1.807, 2.05) is 0 Å². The summed E-state index contributed by atoms with van der Waals surface area (Å²) in [5, 5.41) is -0.273. The van der Waals surface area contributed by atoms with E-state index in [9.17, 15) is 18.0 Å². The topological polar surface area (TPSA) is 39.2 Å². The molecule has 0 aliphatic carbocycles. The lowest BCUT2D eigenvalue weighted by Gasteiger charge is -2.12. The molecule has 17 heavy (non-hydrogen) atoms. The minimum Gasteiger partial charge on any atom is -0.466 e. The number of carbonyl (C=O) groups excluding carboxylic acids is 1. The Morgan fingerprint density at radius 1 is 1.53 bits per heavy atom. The molecule has 0 aliphatic rings. The van der Waals surface area contributed by atoms with Gasteiger partial charge in [0.15, 0.2) is 0 Å². The van der Waals surface area contributed by atoms with Crippen LogP contribution in [-0.2, 0) is 22.1 Å². The Balaban J connectivity index is 3.03. The molecule has 0 aliphatic heterocycles. The van der Waals surface area contributed by atoms with Gasteiger partial charge >= 0.3 is 12.1 Å². The molecule has 0 spiro atoms. The summed E-state index contributed by atoms with van der Waals surface area (Å²) in [5.41, 5.74) is -1.22. The highest BCUT2D eigenvalue weighted by atomic mass is 35.5. The average molecular weight is 268 g/mol. The van der Waals surface area contributed by atoms with Crippen LogP contribution in [0.5, 0.6) is 0 Å². The number of alkyl halides is 3. The molecule has 0 unspecified atom stereocenters. The monoisotopic (exact) mass is 267 g/mol. The summed E-state index contributed by atoms with van der Waals surface area (Å²) in [6.45, 7) is 1.68. The predicted molar refractivity (Wildman–Crippen MR) is 54.6 cm³/mol. The molecule has 0 atom stereocenters.